The van der Waals surface area contributed by atoms with Gasteiger partial charge in [0.25, 0.3) is 0 Å². The molecule has 1 aromatic carbocycles. The molecule has 0 bridgehead atoms. The Balaban J connectivity index is 1.96. The second-order valence-corrected chi connectivity index (χ2v) is 7.71. The summed E-state index contributed by atoms with van der Waals surface area (Å²) in [7, 11) is -3.57. The number of fused-ring (bicyclic) bond motifs is 1. The average Bonchev–Trinajstić information content (AvgIpc) is 2.87. The van der Waals surface area contributed by atoms with Gasteiger partial charge in [-0.3, -0.25) is 0 Å². The number of benzene rings is 1. The highest BCUT2D eigenvalue weighted by molar-refractivity contribution is 7.89. The van der Waals surface area contributed by atoms with Gasteiger partial charge in [-0.1, -0.05) is 24.1 Å². The Morgan fingerprint density at radius 2 is 1.84 bits per heavy atom. The fraction of sp³-hybridized carbons (Fsp3) is 0.538. The topological polar surface area (TPSA) is 63.4 Å². The van der Waals surface area contributed by atoms with E-state index in [1.807, 2.05) is 0 Å². The summed E-state index contributed by atoms with van der Waals surface area (Å²) in [5.41, 5.74) is 6.03. The monoisotopic (exact) mass is 300 g/mol. The molecule has 2 N–H and O–H groups in total. The minimum atomic E-state index is -3.57. The molecule has 0 aromatic heterocycles. The molecule has 2 atom stereocenters. The van der Waals surface area contributed by atoms with Crippen molar-refractivity contribution in [3.8, 4) is 0 Å². The average molecular weight is 301 g/mol. The number of nitrogens with zero attached hydrogens (tertiary/aromatic N) is 1. The van der Waals surface area contributed by atoms with Gasteiger partial charge in [-0.05, 0) is 36.8 Å². The zero-order valence-corrected chi connectivity index (χ0v) is 12.1. The van der Waals surface area contributed by atoms with Crippen LogP contribution in [0.25, 0.3) is 0 Å². The predicted molar refractivity (Wildman–Crippen MR) is 75.5 cm³/mol. The van der Waals surface area contributed by atoms with Gasteiger partial charge in [0.1, 0.15) is 4.90 Å². The number of hydrogen-bond acceptors (Lipinski definition) is 3. The van der Waals surface area contributed by atoms with E-state index in [2.05, 4.69) is 0 Å². The van der Waals surface area contributed by atoms with E-state index in [-0.39, 0.29) is 15.6 Å². The lowest BCUT2D eigenvalue weighted by molar-refractivity contribution is 0.446. The highest BCUT2D eigenvalue weighted by Crippen LogP contribution is 2.41. The van der Waals surface area contributed by atoms with E-state index in [4.69, 9.17) is 17.3 Å². The first-order valence-corrected chi connectivity index (χ1v) is 8.36. The van der Waals surface area contributed by atoms with Crippen LogP contribution < -0.4 is 5.73 Å². The fourth-order valence-corrected chi connectivity index (χ4v) is 5.50. The van der Waals surface area contributed by atoms with Gasteiger partial charge < -0.3 is 5.73 Å². The summed E-state index contributed by atoms with van der Waals surface area (Å²) in [6, 6.07) is 4.81. The SMILES string of the molecule is Nc1cccc(Cl)c1S(=O)(=O)N1CC2CCCC2C1. The minimum absolute atomic E-state index is 0.0663. The predicted octanol–water partition coefficient (Wildman–Crippen LogP) is 2.34. The Kier molecular flexibility index (Phi) is 3.23. The molecule has 2 aliphatic rings. The van der Waals surface area contributed by atoms with Crippen molar-refractivity contribution in [3.63, 3.8) is 0 Å². The Morgan fingerprint density at radius 3 is 2.42 bits per heavy atom. The second-order valence-electron chi connectivity index (χ2n) is 5.43. The zero-order chi connectivity index (χ0) is 13.6. The van der Waals surface area contributed by atoms with Gasteiger partial charge in [0.05, 0.1) is 10.7 Å². The summed E-state index contributed by atoms with van der Waals surface area (Å²) in [6.07, 6.45) is 3.49. The molecule has 4 nitrogen and oxygen atoms in total. The normalized spacial score (nSPS) is 27.6. The second kappa shape index (κ2) is 4.65. The van der Waals surface area contributed by atoms with Crippen LogP contribution >= 0.6 is 11.6 Å². The van der Waals surface area contributed by atoms with Crippen molar-refractivity contribution >= 4 is 27.3 Å². The van der Waals surface area contributed by atoms with Gasteiger partial charge in [0.2, 0.25) is 10.0 Å². The van der Waals surface area contributed by atoms with Crippen molar-refractivity contribution in [2.75, 3.05) is 18.8 Å². The number of sulfonamides is 1. The minimum Gasteiger partial charge on any atom is -0.398 e. The van der Waals surface area contributed by atoms with Gasteiger partial charge in [-0.25, -0.2) is 8.42 Å². The highest BCUT2D eigenvalue weighted by atomic mass is 35.5. The molecule has 19 heavy (non-hydrogen) atoms. The summed E-state index contributed by atoms with van der Waals surface area (Å²) in [5.74, 6) is 1.02. The van der Waals surface area contributed by atoms with Crippen molar-refractivity contribution in [2.45, 2.75) is 24.2 Å². The third-order valence-corrected chi connectivity index (χ3v) is 6.66. The van der Waals surface area contributed by atoms with Gasteiger partial charge >= 0.3 is 0 Å². The summed E-state index contributed by atoms with van der Waals surface area (Å²) in [5, 5.41) is 0.206. The number of hydrogen-bond donors (Lipinski definition) is 1. The van der Waals surface area contributed by atoms with E-state index < -0.39 is 10.0 Å². The molecule has 6 heteroatoms. The summed E-state index contributed by atoms with van der Waals surface area (Å²) in [6.45, 7) is 1.22. The largest absolute Gasteiger partial charge is 0.398 e. The summed E-state index contributed by atoms with van der Waals surface area (Å²) >= 11 is 6.03. The number of anilines is 1. The van der Waals surface area contributed by atoms with Crippen LogP contribution in [0.2, 0.25) is 5.02 Å². The molecule has 0 radical (unpaired) electrons. The zero-order valence-electron chi connectivity index (χ0n) is 10.5. The number of halogens is 1. The molecule has 0 spiro atoms. The standard InChI is InChI=1S/C13H17ClN2O2S/c14-11-5-2-6-12(15)13(11)19(17,18)16-7-9-3-1-4-10(9)8-16/h2,5-6,9-10H,1,3-4,7-8,15H2. The molecule has 3 rings (SSSR count). The van der Waals surface area contributed by atoms with E-state index in [1.54, 1.807) is 22.5 Å². The van der Waals surface area contributed by atoms with E-state index in [1.165, 1.54) is 6.42 Å². The molecular weight excluding hydrogens is 284 g/mol. The summed E-state index contributed by atoms with van der Waals surface area (Å²) in [4.78, 5) is 0.0663. The van der Waals surface area contributed by atoms with E-state index in [0.29, 0.717) is 24.9 Å². The van der Waals surface area contributed by atoms with Gasteiger partial charge in [0.15, 0.2) is 0 Å². The molecule has 1 aromatic rings. The maximum absolute atomic E-state index is 12.7. The molecule has 1 aliphatic heterocycles. The lowest BCUT2D eigenvalue weighted by atomic mass is 10.0. The van der Waals surface area contributed by atoms with E-state index in [0.717, 1.165) is 12.8 Å². The Labute approximate surface area is 118 Å². The van der Waals surface area contributed by atoms with Crippen LogP contribution in [0.1, 0.15) is 19.3 Å². The van der Waals surface area contributed by atoms with Gasteiger partial charge in [0, 0.05) is 13.1 Å². The van der Waals surface area contributed by atoms with Crippen molar-refractivity contribution in [2.24, 2.45) is 11.8 Å². The van der Waals surface area contributed by atoms with E-state index >= 15 is 0 Å². The van der Waals surface area contributed by atoms with Gasteiger partial charge in [-0.15, -0.1) is 0 Å². The number of rotatable bonds is 2. The number of nitrogen functional groups attached to an aromatic ring is 1. The van der Waals surface area contributed by atoms with Crippen molar-refractivity contribution < 1.29 is 8.42 Å². The lowest BCUT2D eigenvalue weighted by Gasteiger charge is -2.19. The first-order chi connectivity index (χ1) is 9.00. The Morgan fingerprint density at radius 1 is 1.21 bits per heavy atom. The quantitative estimate of drug-likeness (QED) is 0.853. The van der Waals surface area contributed by atoms with Crippen LogP contribution in [0.3, 0.4) is 0 Å². The lowest BCUT2D eigenvalue weighted by Crippen LogP contribution is -2.30. The van der Waals surface area contributed by atoms with Crippen LogP contribution in [0.4, 0.5) is 5.69 Å². The van der Waals surface area contributed by atoms with E-state index in [9.17, 15) is 8.42 Å². The van der Waals surface area contributed by atoms with Crippen LogP contribution in [-0.2, 0) is 10.0 Å². The van der Waals surface area contributed by atoms with Crippen LogP contribution in [0.15, 0.2) is 23.1 Å². The first-order valence-electron chi connectivity index (χ1n) is 6.54. The Hall–Kier alpha value is -0.780. The Bertz CT molecular complexity index is 570. The van der Waals surface area contributed by atoms with Crippen molar-refractivity contribution in [1.82, 2.24) is 4.31 Å². The third kappa shape index (κ3) is 2.14. The molecule has 1 saturated heterocycles. The smallest absolute Gasteiger partial charge is 0.246 e. The maximum atomic E-state index is 12.7. The van der Waals surface area contributed by atoms with Crippen LogP contribution in [0.5, 0.6) is 0 Å². The molecule has 104 valence electrons. The molecule has 0 amide bonds. The van der Waals surface area contributed by atoms with Crippen LogP contribution in [-0.4, -0.2) is 25.8 Å². The molecular formula is C13H17ClN2O2S. The molecule has 1 heterocycles. The number of nitrogens with two attached hydrogens (primary N) is 1. The molecule has 2 fully saturated rings. The molecule has 2 unspecified atom stereocenters. The maximum Gasteiger partial charge on any atom is 0.246 e. The molecule has 1 saturated carbocycles. The fourth-order valence-electron chi connectivity index (χ4n) is 3.32. The summed E-state index contributed by atoms with van der Waals surface area (Å²) < 4.78 is 26.9. The van der Waals surface area contributed by atoms with Crippen molar-refractivity contribution in [3.05, 3.63) is 23.2 Å². The van der Waals surface area contributed by atoms with Gasteiger partial charge in [-0.2, -0.15) is 4.31 Å². The highest BCUT2D eigenvalue weighted by Gasteiger charge is 2.42. The first kappa shape index (κ1) is 13.2. The third-order valence-electron chi connectivity index (χ3n) is 4.29. The van der Waals surface area contributed by atoms with Crippen molar-refractivity contribution in [1.29, 1.82) is 0 Å². The molecule has 1 aliphatic carbocycles. The van der Waals surface area contributed by atoms with Crippen LogP contribution in [0, 0.1) is 11.8 Å².